The van der Waals surface area contributed by atoms with Crippen molar-refractivity contribution >= 4 is 16.3 Å². The van der Waals surface area contributed by atoms with Gasteiger partial charge in [0.1, 0.15) is 5.01 Å². The van der Waals surface area contributed by atoms with Crippen molar-refractivity contribution in [3.63, 3.8) is 0 Å². The van der Waals surface area contributed by atoms with Crippen LogP contribution in [0.2, 0.25) is 0 Å². The maximum Gasteiger partial charge on any atom is 0.453 e. The monoisotopic (exact) mass is 277 g/mol. The normalized spacial score (nSPS) is 20.9. The minimum atomic E-state index is -4.51. The summed E-state index contributed by atoms with van der Waals surface area (Å²) in [5, 5.41) is 14.5. The van der Waals surface area contributed by atoms with E-state index in [-0.39, 0.29) is 4.96 Å². The predicted molar refractivity (Wildman–Crippen MR) is 58.3 cm³/mol. The zero-order chi connectivity index (χ0) is 12.8. The van der Waals surface area contributed by atoms with Crippen molar-refractivity contribution < 1.29 is 13.2 Å². The number of rotatable bonds is 2. The van der Waals surface area contributed by atoms with Gasteiger partial charge >= 0.3 is 6.18 Å². The van der Waals surface area contributed by atoms with Crippen LogP contribution in [0.1, 0.15) is 17.3 Å². The Kier molecular flexibility index (Phi) is 2.74. The second-order valence-corrected chi connectivity index (χ2v) is 5.32. The summed E-state index contributed by atoms with van der Waals surface area (Å²) < 4.78 is 38.6. The van der Waals surface area contributed by atoms with Gasteiger partial charge in [0.15, 0.2) is 0 Å². The molecule has 1 fully saturated rings. The number of hydrogen-bond acceptors (Lipinski definition) is 5. The third-order valence-corrected chi connectivity index (χ3v) is 3.83. The fourth-order valence-corrected chi connectivity index (χ4v) is 3.00. The van der Waals surface area contributed by atoms with Crippen LogP contribution in [0.15, 0.2) is 0 Å². The summed E-state index contributed by atoms with van der Waals surface area (Å²) in [7, 11) is 0. The first-order valence-corrected chi connectivity index (χ1v) is 6.35. The number of halogens is 3. The minimum Gasteiger partial charge on any atom is -0.316 e. The van der Waals surface area contributed by atoms with E-state index in [1.165, 1.54) is 11.3 Å². The van der Waals surface area contributed by atoms with E-state index in [1.807, 2.05) is 0 Å². The van der Waals surface area contributed by atoms with E-state index in [0.29, 0.717) is 17.3 Å². The smallest absolute Gasteiger partial charge is 0.316 e. The van der Waals surface area contributed by atoms with E-state index in [0.717, 1.165) is 24.0 Å². The van der Waals surface area contributed by atoms with Crippen molar-refractivity contribution in [1.82, 2.24) is 25.1 Å². The number of nitrogens with one attached hydrogen (secondary N) is 1. The Morgan fingerprint density at radius 3 is 2.89 bits per heavy atom. The van der Waals surface area contributed by atoms with Crippen molar-refractivity contribution in [3.8, 4) is 0 Å². The third kappa shape index (κ3) is 2.07. The Balaban J connectivity index is 1.89. The number of hydrogen-bond donors (Lipinski definition) is 1. The Morgan fingerprint density at radius 1 is 1.39 bits per heavy atom. The van der Waals surface area contributed by atoms with E-state index in [1.54, 1.807) is 0 Å². The van der Waals surface area contributed by atoms with Gasteiger partial charge in [0, 0.05) is 6.42 Å². The largest absolute Gasteiger partial charge is 0.453 e. The number of alkyl halides is 3. The van der Waals surface area contributed by atoms with Gasteiger partial charge in [0.2, 0.25) is 4.96 Å². The lowest BCUT2D eigenvalue weighted by molar-refractivity contribution is -0.146. The zero-order valence-corrected chi connectivity index (χ0v) is 10.1. The fraction of sp³-hybridized carbons (Fsp3) is 0.667. The summed E-state index contributed by atoms with van der Waals surface area (Å²) in [6.07, 6.45) is -2.79. The molecule has 98 valence electrons. The molecule has 0 amide bonds. The van der Waals surface area contributed by atoms with Crippen molar-refractivity contribution in [2.75, 3.05) is 13.1 Å². The van der Waals surface area contributed by atoms with E-state index in [9.17, 15) is 13.2 Å². The van der Waals surface area contributed by atoms with E-state index in [2.05, 4.69) is 20.6 Å². The second kappa shape index (κ2) is 4.16. The molecule has 2 aromatic rings. The number of fused-ring (bicyclic) bond motifs is 1. The lowest BCUT2D eigenvalue weighted by Gasteiger charge is -2.03. The lowest BCUT2D eigenvalue weighted by Crippen LogP contribution is -2.13. The van der Waals surface area contributed by atoms with Gasteiger partial charge in [0.25, 0.3) is 5.82 Å². The molecule has 1 aliphatic heterocycles. The number of aromatic nitrogens is 4. The molecule has 1 N–H and O–H groups in total. The van der Waals surface area contributed by atoms with Gasteiger partial charge in [-0.25, -0.2) is 0 Å². The summed E-state index contributed by atoms with van der Waals surface area (Å²) >= 11 is 1.17. The molecule has 1 unspecified atom stereocenters. The average molecular weight is 277 g/mol. The first-order chi connectivity index (χ1) is 8.54. The summed E-state index contributed by atoms with van der Waals surface area (Å²) in [4.78, 5) is 0.197. The molecule has 0 aromatic carbocycles. The summed E-state index contributed by atoms with van der Waals surface area (Å²) in [6.45, 7) is 1.86. The highest BCUT2D eigenvalue weighted by Gasteiger charge is 2.38. The zero-order valence-electron chi connectivity index (χ0n) is 9.24. The van der Waals surface area contributed by atoms with Crippen LogP contribution in [0.5, 0.6) is 0 Å². The van der Waals surface area contributed by atoms with Gasteiger partial charge in [-0.1, -0.05) is 11.3 Å². The SMILES string of the molecule is FC(F)(F)c1nnc2sc(CC3CCNC3)nn12. The molecule has 5 nitrogen and oxygen atoms in total. The van der Waals surface area contributed by atoms with E-state index < -0.39 is 12.0 Å². The molecule has 18 heavy (non-hydrogen) atoms. The van der Waals surface area contributed by atoms with Gasteiger partial charge in [0.05, 0.1) is 0 Å². The summed E-state index contributed by atoms with van der Waals surface area (Å²) in [5.74, 6) is -0.604. The highest BCUT2D eigenvalue weighted by Crippen LogP contribution is 2.29. The first kappa shape index (κ1) is 11.8. The second-order valence-electron chi connectivity index (χ2n) is 4.27. The van der Waals surface area contributed by atoms with Gasteiger partial charge in [-0.15, -0.1) is 10.2 Å². The Hall–Kier alpha value is -1.22. The van der Waals surface area contributed by atoms with Crippen molar-refractivity contribution in [2.45, 2.75) is 19.0 Å². The molecular formula is C9H10F3N5S. The molecule has 0 aliphatic carbocycles. The molecule has 0 bridgehead atoms. The van der Waals surface area contributed by atoms with Crippen LogP contribution in [0, 0.1) is 5.92 Å². The average Bonchev–Trinajstić information content (AvgIpc) is 2.90. The molecule has 2 aromatic heterocycles. The molecule has 3 heterocycles. The molecule has 1 aliphatic rings. The first-order valence-electron chi connectivity index (χ1n) is 5.53. The molecular weight excluding hydrogens is 267 g/mol. The van der Waals surface area contributed by atoms with Crippen molar-refractivity contribution in [2.24, 2.45) is 5.92 Å². The fourth-order valence-electron chi connectivity index (χ4n) is 2.05. The highest BCUT2D eigenvalue weighted by atomic mass is 32.1. The minimum absolute atomic E-state index is 0.197. The van der Waals surface area contributed by atoms with Gasteiger partial charge in [-0.05, 0) is 25.4 Å². The van der Waals surface area contributed by atoms with Crippen LogP contribution in [0.3, 0.4) is 0 Å². The van der Waals surface area contributed by atoms with Crippen LogP contribution in [-0.2, 0) is 12.6 Å². The van der Waals surface area contributed by atoms with E-state index >= 15 is 0 Å². The predicted octanol–water partition coefficient (Wildman–Crippen LogP) is 1.36. The molecule has 9 heteroatoms. The quantitative estimate of drug-likeness (QED) is 0.900. The van der Waals surface area contributed by atoms with Crippen molar-refractivity contribution in [1.29, 1.82) is 0 Å². The van der Waals surface area contributed by atoms with Gasteiger partial charge in [-0.3, -0.25) is 0 Å². The molecule has 0 saturated carbocycles. The molecule has 1 atom stereocenters. The lowest BCUT2D eigenvalue weighted by atomic mass is 10.1. The van der Waals surface area contributed by atoms with Crippen LogP contribution < -0.4 is 5.32 Å². The number of nitrogens with zero attached hydrogens (tertiary/aromatic N) is 4. The summed E-state index contributed by atoms with van der Waals surface area (Å²) in [5.41, 5.74) is 0. The third-order valence-electron chi connectivity index (χ3n) is 2.91. The standard InChI is InChI=1S/C9H10F3N5S/c10-9(11,12)7-14-15-8-17(7)16-6(18-8)3-5-1-2-13-4-5/h5,13H,1-4H2. The molecule has 0 radical (unpaired) electrons. The maximum absolute atomic E-state index is 12.6. The van der Waals surface area contributed by atoms with Crippen LogP contribution >= 0.6 is 11.3 Å². The van der Waals surface area contributed by atoms with Gasteiger partial charge in [-0.2, -0.15) is 22.8 Å². The Labute approximate surface area is 104 Å². The van der Waals surface area contributed by atoms with Crippen LogP contribution in [-0.4, -0.2) is 32.9 Å². The topological polar surface area (TPSA) is 55.1 Å². The molecule has 3 rings (SSSR count). The van der Waals surface area contributed by atoms with Crippen molar-refractivity contribution in [3.05, 3.63) is 10.8 Å². The van der Waals surface area contributed by atoms with Crippen LogP contribution in [0.25, 0.3) is 4.96 Å². The highest BCUT2D eigenvalue weighted by molar-refractivity contribution is 7.16. The van der Waals surface area contributed by atoms with Crippen LogP contribution in [0.4, 0.5) is 13.2 Å². The Morgan fingerprint density at radius 2 is 2.22 bits per heavy atom. The Bertz CT molecular complexity index is 554. The van der Waals surface area contributed by atoms with Gasteiger partial charge < -0.3 is 5.32 Å². The molecule has 1 saturated heterocycles. The van der Waals surface area contributed by atoms with E-state index in [4.69, 9.17) is 0 Å². The maximum atomic E-state index is 12.6. The molecule has 0 spiro atoms. The summed E-state index contributed by atoms with van der Waals surface area (Å²) in [6, 6.07) is 0.